The SMILES string of the molecule is C=CC(Sc1nc(N)nc2nc[nH]c12)N1CCN(C(=O)COc2ccc(Cl)cc2)CC1. The zero-order valence-electron chi connectivity index (χ0n) is 16.7. The van der Waals surface area contributed by atoms with Gasteiger partial charge in [0.25, 0.3) is 5.91 Å². The van der Waals surface area contributed by atoms with Gasteiger partial charge in [0.1, 0.15) is 16.3 Å². The number of aromatic amines is 1. The van der Waals surface area contributed by atoms with Crippen LogP contribution in [0, 0.1) is 0 Å². The van der Waals surface area contributed by atoms with E-state index in [1.165, 1.54) is 11.8 Å². The van der Waals surface area contributed by atoms with Gasteiger partial charge in [-0.2, -0.15) is 4.98 Å². The Kier molecular flexibility index (Phi) is 6.59. The van der Waals surface area contributed by atoms with E-state index in [0.29, 0.717) is 42.6 Å². The maximum absolute atomic E-state index is 12.5. The molecular formula is C20H22ClN7O2S. The van der Waals surface area contributed by atoms with Crippen molar-refractivity contribution in [1.29, 1.82) is 0 Å². The van der Waals surface area contributed by atoms with E-state index in [0.717, 1.165) is 10.5 Å². The maximum Gasteiger partial charge on any atom is 0.260 e. The highest BCUT2D eigenvalue weighted by atomic mass is 35.5. The molecule has 1 aliphatic rings. The highest BCUT2D eigenvalue weighted by molar-refractivity contribution is 8.00. The minimum absolute atomic E-state index is 0.000707. The smallest absolute Gasteiger partial charge is 0.260 e. The lowest BCUT2D eigenvalue weighted by Crippen LogP contribution is -2.51. The Balaban J connectivity index is 1.32. The predicted octanol–water partition coefficient (Wildman–Crippen LogP) is 2.42. The van der Waals surface area contributed by atoms with E-state index in [-0.39, 0.29) is 23.8 Å². The average Bonchev–Trinajstić information content (AvgIpc) is 3.25. The van der Waals surface area contributed by atoms with E-state index in [1.807, 2.05) is 11.0 Å². The van der Waals surface area contributed by atoms with Gasteiger partial charge in [-0.15, -0.1) is 6.58 Å². The normalized spacial score (nSPS) is 15.7. The first-order valence-corrected chi connectivity index (χ1v) is 11.0. The number of fused-ring (bicyclic) bond motifs is 1. The number of carbonyl (C=O) groups excluding carboxylic acids is 1. The van der Waals surface area contributed by atoms with E-state index in [2.05, 4.69) is 31.4 Å². The number of nitrogens with two attached hydrogens (primary N) is 1. The molecule has 1 saturated heterocycles. The van der Waals surface area contributed by atoms with Gasteiger partial charge in [-0.25, -0.2) is 9.97 Å². The summed E-state index contributed by atoms with van der Waals surface area (Å²) in [6.45, 7) is 6.62. The number of carbonyl (C=O) groups is 1. The molecular weight excluding hydrogens is 438 g/mol. The molecule has 1 aliphatic heterocycles. The third kappa shape index (κ3) is 5.09. The largest absolute Gasteiger partial charge is 0.484 e. The number of thioether (sulfide) groups is 1. The number of aromatic nitrogens is 4. The number of imidazole rings is 1. The molecule has 11 heteroatoms. The molecule has 2 aromatic heterocycles. The molecule has 0 aliphatic carbocycles. The van der Waals surface area contributed by atoms with Crippen LogP contribution in [0.2, 0.25) is 5.02 Å². The van der Waals surface area contributed by atoms with Gasteiger partial charge in [0.15, 0.2) is 12.3 Å². The van der Waals surface area contributed by atoms with Crippen molar-refractivity contribution in [3.8, 4) is 5.75 Å². The lowest BCUT2D eigenvalue weighted by Gasteiger charge is -2.37. The van der Waals surface area contributed by atoms with Crippen LogP contribution in [-0.2, 0) is 4.79 Å². The van der Waals surface area contributed by atoms with Crippen LogP contribution in [0.25, 0.3) is 11.2 Å². The molecule has 3 heterocycles. The number of hydrogen-bond donors (Lipinski definition) is 2. The fourth-order valence-electron chi connectivity index (χ4n) is 3.29. The summed E-state index contributed by atoms with van der Waals surface area (Å²) >= 11 is 7.40. The van der Waals surface area contributed by atoms with Crippen molar-refractivity contribution < 1.29 is 9.53 Å². The summed E-state index contributed by atoms with van der Waals surface area (Å²) in [7, 11) is 0. The fourth-order valence-corrected chi connectivity index (χ4v) is 4.51. The van der Waals surface area contributed by atoms with Crippen LogP contribution >= 0.6 is 23.4 Å². The molecule has 3 N–H and O–H groups in total. The molecule has 0 radical (unpaired) electrons. The molecule has 0 saturated carbocycles. The standard InChI is InChI=1S/C20H22ClN7O2S/c1-2-16(31-19-17-18(24-12-23-17)25-20(22)26-19)28-9-7-27(8-10-28)15(29)11-30-14-5-3-13(21)4-6-14/h2-6,12,16H,1,7-11H2,(H3,22,23,24,25,26). The molecule has 0 spiro atoms. The minimum atomic E-state index is -0.0415. The molecule has 3 aromatic rings. The number of nitrogens with zero attached hydrogens (tertiary/aromatic N) is 5. The molecule has 162 valence electrons. The van der Waals surface area contributed by atoms with E-state index in [9.17, 15) is 4.79 Å². The Morgan fingerprint density at radius 2 is 2.03 bits per heavy atom. The quantitative estimate of drug-likeness (QED) is 0.314. The fraction of sp³-hybridized carbons (Fsp3) is 0.300. The second-order valence-corrected chi connectivity index (χ2v) is 8.43. The molecule has 1 unspecified atom stereocenters. The first-order chi connectivity index (χ1) is 15.0. The lowest BCUT2D eigenvalue weighted by molar-refractivity contribution is -0.135. The number of piperazine rings is 1. The van der Waals surface area contributed by atoms with Crippen molar-refractivity contribution in [2.45, 2.75) is 10.4 Å². The Morgan fingerprint density at radius 3 is 2.74 bits per heavy atom. The van der Waals surface area contributed by atoms with Gasteiger partial charge in [0, 0.05) is 31.2 Å². The molecule has 0 bridgehead atoms. The molecule has 9 nitrogen and oxygen atoms in total. The number of nitrogen functional groups attached to an aromatic ring is 1. The number of rotatable bonds is 7. The number of benzene rings is 1. The van der Waals surface area contributed by atoms with Crippen LogP contribution in [0.1, 0.15) is 0 Å². The Bertz CT molecular complexity index is 1070. The number of amides is 1. The van der Waals surface area contributed by atoms with Gasteiger partial charge in [0.05, 0.1) is 11.7 Å². The summed E-state index contributed by atoms with van der Waals surface area (Å²) in [5.41, 5.74) is 7.10. The number of anilines is 1. The van der Waals surface area contributed by atoms with Crippen molar-refractivity contribution >= 4 is 46.4 Å². The van der Waals surface area contributed by atoms with E-state index in [1.54, 1.807) is 30.6 Å². The first-order valence-electron chi connectivity index (χ1n) is 9.69. The Hall–Kier alpha value is -2.82. The molecule has 4 rings (SSSR count). The summed E-state index contributed by atoms with van der Waals surface area (Å²) in [6.07, 6.45) is 3.44. The van der Waals surface area contributed by atoms with Crippen molar-refractivity contribution in [2.75, 3.05) is 38.5 Å². The van der Waals surface area contributed by atoms with Crippen LogP contribution in [0.15, 0.2) is 48.3 Å². The highest BCUT2D eigenvalue weighted by Gasteiger charge is 2.26. The second-order valence-electron chi connectivity index (χ2n) is 6.89. The van der Waals surface area contributed by atoms with E-state index < -0.39 is 0 Å². The van der Waals surface area contributed by atoms with Crippen LogP contribution in [0.5, 0.6) is 5.75 Å². The lowest BCUT2D eigenvalue weighted by atomic mass is 10.3. The summed E-state index contributed by atoms with van der Waals surface area (Å²) in [6, 6.07) is 6.96. The number of H-pyrrole nitrogens is 1. The van der Waals surface area contributed by atoms with Gasteiger partial charge in [0.2, 0.25) is 5.95 Å². The summed E-state index contributed by atoms with van der Waals surface area (Å²) in [5.74, 6) is 0.759. The third-order valence-electron chi connectivity index (χ3n) is 4.91. The van der Waals surface area contributed by atoms with Crippen LogP contribution < -0.4 is 10.5 Å². The number of hydrogen-bond acceptors (Lipinski definition) is 8. The molecule has 1 amide bonds. The molecule has 31 heavy (non-hydrogen) atoms. The second kappa shape index (κ2) is 9.54. The van der Waals surface area contributed by atoms with Gasteiger partial charge < -0.3 is 20.4 Å². The number of ether oxygens (including phenoxy) is 1. The van der Waals surface area contributed by atoms with Gasteiger partial charge >= 0.3 is 0 Å². The van der Waals surface area contributed by atoms with E-state index >= 15 is 0 Å². The van der Waals surface area contributed by atoms with Crippen molar-refractivity contribution in [3.05, 3.63) is 48.3 Å². The number of halogens is 1. The van der Waals surface area contributed by atoms with Gasteiger partial charge in [-0.3, -0.25) is 9.69 Å². The van der Waals surface area contributed by atoms with Crippen LogP contribution in [0.3, 0.4) is 0 Å². The maximum atomic E-state index is 12.5. The zero-order chi connectivity index (χ0) is 21.8. The van der Waals surface area contributed by atoms with Crippen LogP contribution in [0.4, 0.5) is 5.95 Å². The first kappa shape index (κ1) is 21.4. The molecule has 1 fully saturated rings. The monoisotopic (exact) mass is 459 g/mol. The van der Waals surface area contributed by atoms with Crippen molar-refractivity contribution in [3.63, 3.8) is 0 Å². The Labute approximate surface area is 188 Å². The molecule has 1 aromatic carbocycles. The average molecular weight is 460 g/mol. The number of nitrogens with one attached hydrogen (secondary N) is 1. The topological polar surface area (TPSA) is 113 Å². The summed E-state index contributed by atoms with van der Waals surface area (Å²) < 4.78 is 5.58. The van der Waals surface area contributed by atoms with Crippen LogP contribution in [-0.4, -0.2) is 73.8 Å². The van der Waals surface area contributed by atoms with E-state index in [4.69, 9.17) is 22.1 Å². The molecule has 1 atom stereocenters. The summed E-state index contributed by atoms with van der Waals surface area (Å²) in [4.78, 5) is 32.3. The predicted molar refractivity (Wildman–Crippen MR) is 121 cm³/mol. The van der Waals surface area contributed by atoms with Crippen molar-refractivity contribution in [2.24, 2.45) is 0 Å². The minimum Gasteiger partial charge on any atom is -0.484 e. The summed E-state index contributed by atoms with van der Waals surface area (Å²) in [5, 5.41) is 1.32. The third-order valence-corrected chi connectivity index (χ3v) is 6.41. The van der Waals surface area contributed by atoms with Crippen molar-refractivity contribution in [1.82, 2.24) is 29.7 Å². The zero-order valence-corrected chi connectivity index (χ0v) is 18.3. The highest BCUT2D eigenvalue weighted by Crippen LogP contribution is 2.30. The Morgan fingerprint density at radius 1 is 1.29 bits per heavy atom. The van der Waals surface area contributed by atoms with Gasteiger partial charge in [-0.1, -0.05) is 29.4 Å². The van der Waals surface area contributed by atoms with Gasteiger partial charge in [-0.05, 0) is 24.3 Å².